The third kappa shape index (κ3) is 4.64. The number of nitrogens with one attached hydrogen (secondary N) is 1. The molecule has 1 aliphatic rings. The van der Waals surface area contributed by atoms with Crippen LogP contribution in [0.3, 0.4) is 0 Å². The van der Waals surface area contributed by atoms with Crippen molar-refractivity contribution in [1.82, 2.24) is 4.90 Å². The maximum atomic E-state index is 12.2. The Morgan fingerprint density at radius 2 is 2.09 bits per heavy atom. The number of nitrogens with zero attached hydrogens (tertiary/aromatic N) is 2. The molecule has 0 unspecified atom stereocenters. The molecule has 2 rings (SSSR count). The van der Waals surface area contributed by atoms with Gasteiger partial charge in [0.15, 0.2) is 0 Å². The molecule has 0 aromatic heterocycles. The van der Waals surface area contributed by atoms with Crippen LogP contribution in [0.4, 0.5) is 11.4 Å². The predicted molar refractivity (Wildman–Crippen MR) is 84.7 cm³/mol. The van der Waals surface area contributed by atoms with Gasteiger partial charge in [0.05, 0.1) is 36.9 Å². The number of hydrogen-bond acceptors (Lipinski definition) is 6. The lowest BCUT2D eigenvalue weighted by Gasteiger charge is -2.34. The molecule has 0 bridgehead atoms. The van der Waals surface area contributed by atoms with Crippen molar-refractivity contribution in [2.45, 2.75) is 26.1 Å². The van der Waals surface area contributed by atoms with Crippen LogP contribution in [0.5, 0.6) is 5.75 Å². The molecule has 1 aliphatic heterocycles. The van der Waals surface area contributed by atoms with E-state index in [2.05, 4.69) is 5.32 Å². The standard InChI is InChI=1S/C15H21N3O5/c1-10-7-17(8-11(2)23-10)9-15(19)16-13-5-4-12(22-3)6-14(13)18(20)21/h4-6,10-11H,7-9H2,1-3H3,(H,16,19)/t10-,11-/m1/s1. The zero-order valence-electron chi connectivity index (χ0n) is 13.4. The van der Waals surface area contributed by atoms with Crippen molar-refractivity contribution in [2.75, 3.05) is 32.1 Å². The van der Waals surface area contributed by atoms with Crippen molar-refractivity contribution in [2.24, 2.45) is 0 Å². The summed E-state index contributed by atoms with van der Waals surface area (Å²) in [7, 11) is 1.43. The number of anilines is 1. The van der Waals surface area contributed by atoms with Gasteiger partial charge >= 0.3 is 0 Å². The second-order valence-electron chi connectivity index (χ2n) is 5.64. The van der Waals surface area contributed by atoms with Gasteiger partial charge in [-0.1, -0.05) is 0 Å². The molecule has 0 spiro atoms. The van der Waals surface area contributed by atoms with E-state index in [0.717, 1.165) is 0 Å². The Bertz CT molecular complexity index is 582. The van der Waals surface area contributed by atoms with Crippen molar-refractivity contribution < 1.29 is 19.2 Å². The Morgan fingerprint density at radius 1 is 1.43 bits per heavy atom. The number of rotatable bonds is 5. The van der Waals surface area contributed by atoms with Crippen LogP contribution in [0.25, 0.3) is 0 Å². The molecule has 0 aliphatic carbocycles. The van der Waals surface area contributed by atoms with E-state index in [-0.39, 0.29) is 36.0 Å². The maximum absolute atomic E-state index is 12.2. The molecule has 23 heavy (non-hydrogen) atoms. The molecule has 1 aromatic carbocycles. The fourth-order valence-corrected chi connectivity index (χ4v) is 2.70. The number of morpholine rings is 1. The highest BCUT2D eigenvalue weighted by Gasteiger charge is 2.24. The fraction of sp³-hybridized carbons (Fsp3) is 0.533. The number of methoxy groups -OCH3 is 1. The molecule has 126 valence electrons. The number of hydrogen-bond donors (Lipinski definition) is 1. The Morgan fingerprint density at radius 3 is 2.65 bits per heavy atom. The Kier molecular flexibility index (Phi) is 5.51. The van der Waals surface area contributed by atoms with Crippen LogP contribution in [0.2, 0.25) is 0 Å². The fourth-order valence-electron chi connectivity index (χ4n) is 2.70. The number of ether oxygens (including phenoxy) is 2. The molecule has 0 radical (unpaired) electrons. The second-order valence-corrected chi connectivity index (χ2v) is 5.64. The van der Waals surface area contributed by atoms with Gasteiger partial charge in [0.1, 0.15) is 11.4 Å². The summed E-state index contributed by atoms with van der Waals surface area (Å²) < 4.78 is 10.6. The summed E-state index contributed by atoms with van der Waals surface area (Å²) in [6.07, 6.45) is 0.115. The molecule has 0 saturated carbocycles. The average Bonchev–Trinajstić information content (AvgIpc) is 2.46. The molecular weight excluding hydrogens is 302 g/mol. The minimum atomic E-state index is -0.545. The molecule has 2 atom stereocenters. The Labute approximate surface area is 134 Å². The summed E-state index contributed by atoms with van der Waals surface area (Å²) in [5.41, 5.74) is -0.0310. The van der Waals surface area contributed by atoms with Gasteiger partial charge in [-0.05, 0) is 26.0 Å². The summed E-state index contributed by atoms with van der Waals surface area (Å²) in [6.45, 7) is 5.38. The summed E-state index contributed by atoms with van der Waals surface area (Å²) in [5, 5.41) is 13.7. The average molecular weight is 323 g/mol. The quantitative estimate of drug-likeness (QED) is 0.654. The highest BCUT2D eigenvalue weighted by molar-refractivity contribution is 5.94. The summed E-state index contributed by atoms with van der Waals surface area (Å²) in [5.74, 6) is 0.0742. The third-order valence-corrected chi connectivity index (χ3v) is 3.54. The molecule has 1 amide bonds. The van der Waals surface area contributed by atoms with Crippen LogP contribution in [-0.2, 0) is 9.53 Å². The predicted octanol–water partition coefficient (Wildman–Crippen LogP) is 1.65. The maximum Gasteiger partial charge on any atom is 0.296 e. The molecule has 8 heteroatoms. The summed E-state index contributed by atoms with van der Waals surface area (Å²) in [4.78, 5) is 24.7. The van der Waals surface area contributed by atoms with Crippen LogP contribution < -0.4 is 10.1 Å². The second kappa shape index (κ2) is 7.38. The lowest BCUT2D eigenvalue weighted by atomic mass is 10.2. The topological polar surface area (TPSA) is 93.9 Å². The number of amides is 1. The molecule has 1 N–H and O–H groups in total. The van der Waals surface area contributed by atoms with Crippen molar-refractivity contribution in [1.29, 1.82) is 0 Å². The van der Waals surface area contributed by atoms with Crippen LogP contribution in [0, 0.1) is 10.1 Å². The van der Waals surface area contributed by atoms with E-state index < -0.39 is 4.92 Å². The highest BCUT2D eigenvalue weighted by Crippen LogP contribution is 2.28. The molecule has 1 heterocycles. The first-order valence-corrected chi connectivity index (χ1v) is 7.39. The Balaban J connectivity index is 2.04. The Hall–Kier alpha value is -2.19. The van der Waals surface area contributed by atoms with Crippen LogP contribution in [0.15, 0.2) is 18.2 Å². The molecular formula is C15H21N3O5. The van der Waals surface area contributed by atoms with Crippen molar-refractivity contribution in [3.8, 4) is 5.75 Å². The van der Waals surface area contributed by atoms with Gasteiger partial charge in [0, 0.05) is 13.1 Å². The van der Waals surface area contributed by atoms with Gasteiger partial charge in [0.2, 0.25) is 5.91 Å². The minimum Gasteiger partial charge on any atom is -0.496 e. The van der Waals surface area contributed by atoms with E-state index in [1.54, 1.807) is 6.07 Å². The van der Waals surface area contributed by atoms with Gasteiger partial charge in [0.25, 0.3) is 5.69 Å². The smallest absolute Gasteiger partial charge is 0.296 e. The van der Waals surface area contributed by atoms with Gasteiger partial charge in [-0.2, -0.15) is 0 Å². The van der Waals surface area contributed by atoms with Crippen molar-refractivity contribution >= 4 is 17.3 Å². The van der Waals surface area contributed by atoms with Gasteiger partial charge in [-0.3, -0.25) is 19.8 Å². The van der Waals surface area contributed by atoms with E-state index >= 15 is 0 Å². The van der Waals surface area contributed by atoms with E-state index in [0.29, 0.717) is 18.8 Å². The monoisotopic (exact) mass is 323 g/mol. The molecule has 1 aromatic rings. The number of carbonyl (C=O) groups is 1. The first-order chi connectivity index (χ1) is 10.9. The van der Waals surface area contributed by atoms with Crippen LogP contribution in [-0.4, -0.2) is 54.7 Å². The zero-order valence-corrected chi connectivity index (χ0v) is 13.4. The van der Waals surface area contributed by atoms with Crippen LogP contribution >= 0.6 is 0 Å². The van der Waals surface area contributed by atoms with E-state index in [1.807, 2.05) is 18.7 Å². The highest BCUT2D eigenvalue weighted by atomic mass is 16.6. The zero-order chi connectivity index (χ0) is 17.0. The van der Waals surface area contributed by atoms with Crippen molar-refractivity contribution in [3.05, 3.63) is 28.3 Å². The number of carbonyl (C=O) groups excluding carboxylic acids is 1. The number of nitro benzene ring substituents is 1. The van der Waals surface area contributed by atoms with Crippen LogP contribution in [0.1, 0.15) is 13.8 Å². The lowest BCUT2D eigenvalue weighted by Crippen LogP contribution is -2.48. The number of benzene rings is 1. The minimum absolute atomic E-state index is 0.0573. The van der Waals surface area contributed by atoms with E-state index in [4.69, 9.17) is 9.47 Å². The normalized spacial score (nSPS) is 21.7. The summed E-state index contributed by atoms with van der Waals surface area (Å²) in [6, 6.07) is 4.33. The van der Waals surface area contributed by atoms with E-state index in [1.165, 1.54) is 19.2 Å². The molecule has 1 fully saturated rings. The lowest BCUT2D eigenvalue weighted by molar-refractivity contribution is -0.384. The van der Waals surface area contributed by atoms with Gasteiger partial charge < -0.3 is 14.8 Å². The molecule has 8 nitrogen and oxygen atoms in total. The first kappa shape index (κ1) is 17.2. The van der Waals surface area contributed by atoms with Gasteiger partial charge in [-0.15, -0.1) is 0 Å². The summed E-state index contributed by atoms with van der Waals surface area (Å²) >= 11 is 0. The van der Waals surface area contributed by atoms with Gasteiger partial charge in [-0.25, -0.2) is 0 Å². The van der Waals surface area contributed by atoms with Crippen molar-refractivity contribution in [3.63, 3.8) is 0 Å². The first-order valence-electron chi connectivity index (χ1n) is 7.39. The molecule has 1 saturated heterocycles. The third-order valence-electron chi connectivity index (χ3n) is 3.54. The SMILES string of the molecule is COc1ccc(NC(=O)CN2C[C@@H](C)O[C@H](C)C2)c([N+](=O)[O-])c1. The largest absolute Gasteiger partial charge is 0.496 e. The van der Waals surface area contributed by atoms with E-state index in [9.17, 15) is 14.9 Å². The number of nitro groups is 1.